The third-order valence-corrected chi connectivity index (χ3v) is 1.75. The molecule has 0 unspecified atom stereocenters. The third kappa shape index (κ3) is 2.86. The van der Waals surface area contributed by atoms with Crippen LogP contribution in [0.1, 0.15) is 0 Å². The maximum Gasteiger partial charge on any atom is 0.163 e. The van der Waals surface area contributed by atoms with E-state index < -0.39 is 0 Å². The van der Waals surface area contributed by atoms with Crippen LogP contribution in [0.25, 0.3) is 0 Å². The summed E-state index contributed by atoms with van der Waals surface area (Å²) >= 11 is 0. The Hall–Kier alpha value is -2.25. The molecule has 0 saturated carbocycles. The molecule has 0 saturated heterocycles. The number of aromatic nitrogens is 1. The van der Waals surface area contributed by atoms with Crippen molar-refractivity contribution < 1.29 is 0 Å². The van der Waals surface area contributed by atoms with E-state index in [9.17, 15) is 0 Å². The first-order chi connectivity index (χ1) is 7.45. The molecular formula is C12H9N3. The summed E-state index contributed by atoms with van der Waals surface area (Å²) in [5, 5.41) is 0. The summed E-state index contributed by atoms with van der Waals surface area (Å²) in [5.41, 5.74) is 0.831. The molecule has 0 aliphatic heterocycles. The molecule has 1 aromatic heterocycles. The van der Waals surface area contributed by atoms with Gasteiger partial charge in [0.1, 0.15) is 6.01 Å². The Kier molecular flexibility index (Phi) is 3.00. The predicted molar refractivity (Wildman–Crippen MR) is 59.9 cm³/mol. The molecule has 0 aliphatic rings. The Labute approximate surface area is 87.9 Å². The number of para-hydroxylation sites is 1. The van der Waals surface area contributed by atoms with Crippen molar-refractivity contribution in [2.45, 2.75) is 0 Å². The fourth-order valence-electron chi connectivity index (χ4n) is 1.06. The third-order valence-electron chi connectivity index (χ3n) is 1.75. The van der Waals surface area contributed by atoms with Crippen LogP contribution >= 0.6 is 0 Å². The Morgan fingerprint density at radius 2 is 1.67 bits per heavy atom. The number of hydrogen-bond acceptors (Lipinski definition) is 3. The number of nitrogens with zero attached hydrogens (tertiary/aromatic N) is 3. The van der Waals surface area contributed by atoms with Gasteiger partial charge in [-0.15, -0.1) is 0 Å². The highest BCUT2D eigenvalue weighted by atomic mass is 14.9. The average Bonchev–Trinajstić information content (AvgIpc) is 2.32. The van der Waals surface area contributed by atoms with Crippen LogP contribution in [-0.2, 0) is 0 Å². The quantitative estimate of drug-likeness (QED) is 0.678. The summed E-state index contributed by atoms with van der Waals surface area (Å²) in [6.07, 6.45) is 1.68. The molecule has 15 heavy (non-hydrogen) atoms. The molecule has 2 aromatic rings. The van der Waals surface area contributed by atoms with Crippen molar-refractivity contribution in [3.8, 4) is 0 Å². The molecule has 0 N–H and O–H groups in total. The number of rotatable bonds is 2. The highest BCUT2D eigenvalue weighted by molar-refractivity contribution is 5.55. The summed E-state index contributed by atoms with van der Waals surface area (Å²) in [7, 11) is 0. The zero-order chi connectivity index (χ0) is 10.3. The van der Waals surface area contributed by atoms with Crippen molar-refractivity contribution in [2.75, 3.05) is 0 Å². The maximum absolute atomic E-state index is 4.04. The molecule has 0 atom stereocenters. The van der Waals surface area contributed by atoms with E-state index in [4.69, 9.17) is 0 Å². The topological polar surface area (TPSA) is 37.6 Å². The van der Waals surface area contributed by atoms with Crippen molar-refractivity contribution in [1.82, 2.24) is 4.98 Å². The van der Waals surface area contributed by atoms with E-state index in [1.165, 1.54) is 0 Å². The van der Waals surface area contributed by atoms with E-state index in [2.05, 4.69) is 21.0 Å². The van der Waals surface area contributed by atoms with Gasteiger partial charge in [-0.05, 0) is 24.3 Å². The minimum atomic E-state index is 0.609. The van der Waals surface area contributed by atoms with Crippen molar-refractivity contribution in [3.05, 3.63) is 54.7 Å². The average molecular weight is 195 g/mol. The van der Waals surface area contributed by atoms with Gasteiger partial charge in [0.2, 0.25) is 0 Å². The first-order valence-corrected chi connectivity index (χ1v) is 4.58. The van der Waals surface area contributed by atoms with E-state index in [-0.39, 0.29) is 0 Å². The van der Waals surface area contributed by atoms with E-state index >= 15 is 0 Å². The first-order valence-electron chi connectivity index (χ1n) is 4.58. The van der Waals surface area contributed by atoms with Crippen LogP contribution in [0.3, 0.4) is 0 Å². The SMILES string of the molecule is C(=Nc1ccccc1)=Nc1ccccn1. The van der Waals surface area contributed by atoms with Crippen molar-refractivity contribution in [2.24, 2.45) is 9.98 Å². The van der Waals surface area contributed by atoms with Gasteiger partial charge < -0.3 is 0 Å². The van der Waals surface area contributed by atoms with Crippen molar-refractivity contribution >= 4 is 17.5 Å². The van der Waals surface area contributed by atoms with Crippen LogP contribution < -0.4 is 0 Å². The fourth-order valence-corrected chi connectivity index (χ4v) is 1.06. The largest absolute Gasteiger partial charge is 0.236 e. The van der Waals surface area contributed by atoms with Crippen LogP contribution in [0.15, 0.2) is 64.7 Å². The summed E-state index contributed by atoms with van der Waals surface area (Å²) in [6, 6.07) is 17.7. The Bertz CT molecular complexity index is 427. The molecular weight excluding hydrogens is 186 g/mol. The van der Waals surface area contributed by atoms with Crippen LogP contribution in [0.4, 0.5) is 11.5 Å². The normalized spacial score (nSPS) is 9.07. The maximum atomic E-state index is 4.04. The van der Waals surface area contributed by atoms with Gasteiger partial charge in [0.15, 0.2) is 5.82 Å². The van der Waals surface area contributed by atoms with E-state index in [1.807, 2.05) is 42.5 Å². The van der Waals surface area contributed by atoms with Gasteiger partial charge >= 0.3 is 0 Å². The molecule has 0 amide bonds. The number of hydrogen-bond donors (Lipinski definition) is 0. The lowest BCUT2D eigenvalue weighted by Crippen LogP contribution is -1.69. The summed E-state index contributed by atoms with van der Waals surface area (Å²) in [5.74, 6) is 0.609. The minimum Gasteiger partial charge on any atom is -0.236 e. The van der Waals surface area contributed by atoms with Crippen molar-refractivity contribution in [1.29, 1.82) is 0 Å². The molecule has 72 valence electrons. The summed E-state index contributed by atoms with van der Waals surface area (Å²) < 4.78 is 0. The van der Waals surface area contributed by atoms with Crippen LogP contribution in [0, 0.1) is 0 Å². The molecule has 1 aromatic carbocycles. The molecule has 1 heterocycles. The lowest BCUT2D eigenvalue weighted by Gasteiger charge is -1.87. The zero-order valence-electron chi connectivity index (χ0n) is 8.04. The second-order valence-electron chi connectivity index (χ2n) is 2.85. The first kappa shape index (κ1) is 9.31. The molecule has 0 radical (unpaired) electrons. The number of pyridine rings is 1. The highest BCUT2D eigenvalue weighted by Gasteiger charge is 1.84. The van der Waals surface area contributed by atoms with Gasteiger partial charge in [0, 0.05) is 6.20 Å². The Morgan fingerprint density at radius 1 is 0.867 bits per heavy atom. The standard InChI is InChI=1S/C12H9N3/c1-2-6-11(7-3-1)14-10-15-12-8-4-5-9-13-12/h1-9H. The smallest absolute Gasteiger partial charge is 0.163 e. The lowest BCUT2D eigenvalue weighted by molar-refractivity contribution is 1.28. The number of aliphatic imine (C=N–C) groups is 2. The molecule has 2 rings (SSSR count). The van der Waals surface area contributed by atoms with E-state index in [0.717, 1.165) is 5.69 Å². The second kappa shape index (κ2) is 4.84. The summed E-state index contributed by atoms with van der Waals surface area (Å²) in [6.45, 7) is 0. The zero-order valence-corrected chi connectivity index (χ0v) is 8.04. The van der Waals surface area contributed by atoms with Gasteiger partial charge in [0.05, 0.1) is 5.69 Å². The van der Waals surface area contributed by atoms with E-state index in [0.29, 0.717) is 5.82 Å². The second-order valence-corrected chi connectivity index (χ2v) is 2.85. The van der Waals surface area contributed by atoms with Gasteiger partial charge in [-0.1, -0.05) is 24.3 Å². The Morgan fingerprint density at radius 3 is 2.40 bits per heavy atom. The molecule has 0 spiro atoms. The predicted octanol–water partition coefficient (Wildman–Crippen LogP) is 3.22. The molecule has 3 heteroatoms. The van der Waals surface area contributed by atoms with Gasteiger partial charge in [0.25, 0.3) is 0 Å². The van der Waals surface area contributed by atoms with Crippen LogP contribution in [-0.4, -0.2) is 11.0 Å². The van der Waals surface area contributed by atoms with E-state index in [1.54, 1.807) is 12.3 Å². The van der Waals surface area contributed by atoms with Gasteiger partial charge in [-0.3, -0.25) is 0 Å². The highest BCUT2D eigenvalue weighted by Crippen LogP contribution is 2.08. The Balaban J connectivity index is 2.16. The van der Waals surface area contributed by atoms with Gasteiger partial charge in [-0.25, -0.2) is 4.98 Å². The molecule has 0 fully saturated rings. The van der Waals surface area contributed by atoms with Crippen molar-refractivity contribution in [3.63, 3.8) is 0 Å². The fraction of sp³-hybridized carbons (Fsp3) is 0. The molecule has 0 aliphatic carbocycles. The lowest BCUT2D eigenvalue weighted by atomic mass is 10.3. The molecule has 3 nitrogen and oxygen atoms in total. The summed E-state index contributed by atoms with van der Waals surface area (Å²) in [4.78, 5) is 12.0. The van der Waals surface area contributed by atoms with Crippen LogP contribution in [0.2, 0.25) is 0 Å². The minimum absolute atomic E-state index is 0.609. The monoisotopic (exact) mass is 195 g/mol. The molecule has 0 bridgehead atoms. The van der Waals surface area contributed by atoms with Gasteiger partial charge in [-0.2, -0.15) is 9.98 Å². The van der Waals surface area contributed by atoms with Crippen LogP contribution in [0.5, 0.6) is 0 Å². The number of benzene rings is 1.